The number of carbonyl (C=O) groups is 2. The summed E-state index contributed by atoms with van der Waals surface area (Å²) in [5, 5.41) is 0. The summed E-state index contributed by atoms with van der Waals surface area (Å²) in [6, 6.07) is 0. The van der Waals surface area contributed by atoms with Crippen molar-refractivity contribution in [2.24, 2.45) is 16.7 Å². The summed E-state index contributed by atoms with van der Waals surface area (Å²) < 4.78 is 12.6. The van der Waals surface area contributed by atoms with Gasteiger partial charge in [-0.25, -0.2) is 0 Å². The predicted molar refractivity (Wildman–Crippen MR) is 111 cm³/mol. The van der Waals surface area contributed by atoms with Crippen LogP contribution in [-0.4, -0.2) is 33.6 Å². The fourth-order valence-corrected chi connectivity index (χ4v) is 11.3. The highest BCUT2D eigenvalue weighted by Gasteiger charge is 2.65. The van der Waals surface area contributed by atoms with Gasteiger partial charge in [-0.3, -0.25) is 9.59 Å². The van der Waals surface area contributed by atoms with Gasteiger partial charge < -0.3 is 9.16 Å². The summed E-state index contributed by atoms with van der Waals surface area (Å²) in [7, 11) is -0.570. The molecule has 2 atom stereocenters. The Hall–Kier alpha value is -0.943. The summed E-state index contributed by atoms with van der Waals surface area (Å²) in [5.74, 6) is 0.664. The first-order chi connectivity index (χ1) is 12.4. The molecule has 0 heterocycles. The van der Waals surface area contributed by atoms with E-state index in [1.54, 1.807) is 7.11 Å². The van der Waals surface area contributed by atoms with Gasteiger partial charge in [-0.05, 0) is 29.1 Å². The highest BCUT2D eigenvalue weighted by molar-refractivity contribution is 6.77. The molecule has 2 bridgehead atoms. The molecule has 27 heavy (non-hydrogen) atoms. The maximum Gasteiger partial charge on any atom is 0.200 e. The third-order valence-corrected chi connectivity index (χ3v) is 13.5. The second-order valence-electron chi connectivity index (χ2n) is 9.83. The highest BCUT2D eigenvalue weighted by atomic mass is 28.4. The van der Waals surface area contributed by atoms with Crippen LogP contribution in [0.4, 0.5) is 0 Å². The van der Waals surface area contributed by atoms with E-state index in [4.69, 9.17) is 9.16 Å². The largest absolute Gasteiger partial charge is 0.500 e. The van der Waals surface area contributed by atoms with Crippen LogP contribution in [-0.2, 0) is 18.8 Å². The van der Waals surface area contributed by atoms with Gasteiger partial charge in [-0.15, -0.1) is 0 Å². The van der Waals surface area contributed by atoms with E-state index < -0.39 is 19.1 Å². The van der Waals surface area contributed by atoms with Crippen LogP contribution in [0.3, 0.4) is 0 Å². The van der Waals surface area contributed by atoms with E-state index >= 15 is 0 Å². The van der Waals surface area contributed by atoms with Crippen molar-refractivity contribution < 1.29 is 18.8 Å². The summed E-state index contributed by atoms with van der Waals surface area (Å²) >= 11 is 0. The van der Waals surface area contributed by atoms with Crippen LogP contribution in [0.2, 0.25) is 16.6 Å². The molecule has 0 N–H and O–H groups in total. The highest BCUT2D eigenvalue weighted by Crippen LogP contribution is 2.57. The van der Waals surface area contributed by atoms with E-state index in [0.29, 0.717) is 35.2 Å². The number of ketones is 2. The Morgan fingerprint density at radius 3 is 2.04 bits per heavy atom. The number of methoxy groups -OCH3 is 1. The summed E-state index contributed by atoms with van der Waals surface area (Å²) in [4.78, 5) is 26.5. The topological polar surface area (TPSA) is 52.6 Å². The molecule has 0 aromatic heterocycles. The average molecular weight is 395 g/mol. The van der Waals surface area contributed by atoms with Crippen molar-refractivity contribution >= 4 is 19.9 Å². The lowest BCUT2D eigenvalue weighted by atomic mass is 9.51. The predicted octanol–water partition coefficient (Wildman–Crippen LogP) is 5.28. The molecule has 0 amide bonds. The first-order valence-electron chi connectivity index (χ1n) is 10.4. The Morgan fingerprint density at radius 2 is 1.59 bits per heavy atom. The quantitative estimate of drug-likeness (QED) is 0.551. The zero-order chi connectivity index (χ0) is 20.8. The lowest BCUT2D eigenvalue weighted by Gasteiger charge is -2.54. The molecule has 1 fully saturated rings. The van der Waals surface area contributed by atoms with Crippen molar-refractivity contribution in [2.75, 3.05) is 13.7 Å². The van der Waals surface area contributed by atoms with Crippen LogP contribution < -0.4 is 0 Å². The van der Waals surface area contributed by atoms with Crippen molar-refractivity contribution in [3.63, 3.8) is 0 Å². The van der Waals surface area contributed by atoms with Gasteiger partial charge in [0.05, 0.1) is 13.7 Å². The van der Waals surface area contributed by atoms with E-state index in [1.807, 2.05) is 19.9 Å². The van der Waals surface area contributed by atoms with Crippen LogP contribution in [0.1, 0.15) is 68.2 Å². The number of hydrogen-bond acceptors (Lipinski definition) is 4. The molecule has 0 aromatic carbocycles. The average Bonchev–Trinajstić information content (AvgIpc) is 2.55. The minimum absolute atomic E-state index is 0.130. The van der Waals surface area contributed by atoms with E-state index in [2.05, 4.69) is 41.5 Å². The smallest absolute Gasteiger partial charge is 0.200 e. The first kappa shape index (κ1) is 22.3. The SMILES string of the molecule is COC1=CC[C@H]2CC(=O)C(C)(C)[C@]1(CO[Si](C(C)C)(C(C)C)C(C)C)C2=O. The molecule has 2 rings (SSSR count). The van der Waals surface area contributed by atoms with Crippen LogP contribution in [0.15, 0.2) is 11.8 Å². The normalized spacial score (nSPS) is 28.1. The number of Topliss-reactive ketones (excluding diaryl/α,β-unsaturated/α-hetero) is 2. The first-order valence-corrected chi connectivity index (χ1v) is 12.5. The van der Waals surface area contributed by atoms with E-state index in [9.17, 15) is 9.59 Å². The third kappa shape index (κ3) is 3.05. The van der Waals surface area contributed by atoms with Gasteiger partial charge >= 0.3 is 0 Å². The Balaban J connectivity index is 2.57. The van der Waals surface area contributed by atoms with Gasteiger partial charge in [-0.2, -0.15) is 0 Å². The third-order valence-electron chi connectivity index (χ3n) is 7.46. The van der Waals surface area contributed by atoms with Crippen molar-refractivity contribution in [3.8, 4) is 0 Å². The van der Waals surface area contributed by atoms with Gasteiger partial charge in [0, 0.05) is 17.8 Å². The van der Waals surface area contributed by atoms with Gasteiger partial charge in [0.2, 0.25) is 0 Å². The Bertz CT molecular complexity index is 610. The van der Waals surface area contributed by atoms with E-state index in [0.717, 1.165) is 0 Å². The number of rotatable bonds is 7. The Labute approximate surface area is 166 Å². The minimum Gasteiger partial charge on any atom is -0.500 e. The fraction of sp³-hybridized carbons (Fsp3) is 0.818. The summed E-state index contributed by atoms with van der Waals surface area (Å²) in [6.07, 6.45) is 2.95. The summed E-state index contributed by atoms with van der Waals surface area (Å²) in [6.45, 7) is 17.5. The molecule has 0 spiro atoms. The van der Waals surface area contributed by atoms with Crippen LogP contribution in [0.5, 0.6) is 0 Å². The summed E-state index contributed by atoms with van der Waals surface area (Å²) in [5.41, 5.74) is -0.576. The molecule has 0 saturated heterocycles. The number of ether oxygens (including phenoxy) is 1. The molecule has 0 radical (unpaired) electrons. The van der Waals surface area contributed by atoms with E-state index in [1.165, 1.54) is 0 Å². The molecule has 154 valence electrons. The van der Waals surface area contributed by atoms with E-state index in [-0.39, 0.29) is 24.1 Å². The minimum atomic E-state index is -2.18. The number of fused-ring (bicyclic) bond motifs is 2. The molecule has 5 heteroatoms. The molecule has 0 aromatic rings. The van der Waals surface area contributed by atoms with Crippen LogP contribution in [0.25, 0.3) is 0 Å². The molecule has 0 unspecified atom stereocenters. The van der Waals surface area contributed by atoms with Crippen LogP contribution in [0, 0.1) is 16.7 Å². The number of allylic oxidation sites excluding steroid dienone is 1. The lowest BCUT2D eigenvalue weighted by Crippen LogP contribution is -2.62. The molecular weight excluding hydrogens is 356 g/mol. The monoisotopic (exact) mass is 394 g/mol. The molecule has 2 aliphatic rings. The second-order valence-corrected chi connectivity index (χ2v) is 15.3. The molecule has 2 aliphatic carbocycles. The fourth-order valence-electron chi connectivity index (χ4n) is 5.82. The maximum absolute atomic E-state index is 13.5. The van der Waals surface area contributed by atoms with Gasteiger partial charge in [-0.1, -0.05) is 55.4 Å². The van der Waals surface area contributed by atoms with Crippen molar-refractivity contribution in [1.29, 1.82) is 0 Å². The Morgan fingerprint density at radius 1 is 1.07 bits per heavy atom. The van der Waals surface area contributed by atoms with Crippen molar-refractivity contribution in [1.82, 2.24) is 0 Å². The lowest BCUT2D eigenvalue weighted by molar-refractivity contribution is -0.162. The molecule has 1 saturated carbocycles. The molecule has 4 nitrogen and oxygen atoms in total. The zero-order valence-corrected chi connectivity index (χ0v) is 19.6. The maximum atomic E-state index is 13.5. The molecular formula is C22H38O4Si. The molecule has 0 aliphatic heterocycles. The van der Waals surface area contributed by atoms with Crippen LogP contribution >= 0.6 is 0 Å². The second kappa shape index (κ2) is 7.47. The van der Waals surface area contributed by atoms with Gasteiger partial charge in [0.15, 0.2) is 14.1 Å². The number of carbonyl (C=O) groups excluding carboxylic acids is 2. The van der Waals surface area contributed by atoms with Gasteiger partial charge in [0.1, 0.15) is 17.0 Å². The standard InChI is InChI=1S/C22H38O4Si/c1-14(2)27(15(3)4,16(5)6)26-13-22-19(25-9)11-10-17(20(22)24)12-18(23)21(22,7)8/h11,14-17H,10,12-13H2,1-9H3/t17-,22-/m0/s1. The Kier molecular flexibility index (Phi) is 6.18. The zero-order valence-electron chi connectivity index (χ0n) is 18.6. The van der Waals surface area contributed by atoms with Crippen molar-refractivity contribution in [2.45, 2.75) is 84.9 Å². The number of hydrogen-bond donors (Lipinski definition) is 0. The van der Waals surface area contributed by atoms with Crippen molar-refractivity contribution in [3.05, 3.63) is 11.8 Å². The van der Waals surface area contributed by atoms with Gasteiger partial charge in [0.25, 0.3) is 0 Å².